The van der Waals surface area contributed by atoms with Crippen LogP contribution in [0.5, 0.6) is 5.75 Å². The van der Waals surface area contributed by atoms with Gasteiger partial charge < -0.3 is 14.7 Å². The van der Waals surface area contributed by atoms with Crippen LogP contribution >= 0.6 is 0 Å². The molecule has 1 N–H and O–H groups in total. The minimum absolute atomic E-state index is 0.0931. The van der Waals surface area contributed by atoms with Crippen LogP contribution in [0.15, 0.2) is 54.4 Å². The zero-order valence-electron chi connectivity index (χ0n) is 15.4. The Morgan fingerprint density at radius 1 is 1.22 bits per heavy atom. The zero-order valence-corrected chi connectivity index (χ0v) is 15.4. The van der Waals surface area contributed by atoms with Crippen molar-refractivity contribution in [2.24, 2.45) is 0 Å². The molecule has 0 spiro atoms. The van der Waals surface area contributed by atoms with E-state index in [9.17, 15) is 14.7 Å². The van der Waals surface area contributed by atoms with E-state index < -0.39 is 17.7 Å². The number of rotatable bonds is 6. The van der Waals surface area contributed by atoms with Crippen LogP contribution in [-0.4, -0.2) is 40.3 Å². The summed E-state index contributed by atoms with van der Waals surface area (Å²) in [7, 11) is 1.56. The second-order valence-corrected chi connectivity index (χ2v) is 6.36. The average molecular weight is 366 g/mol. The minimum atomic E-state index is -0.673. The molecule has 1 aliphatic heterocycles. The van der Waals surface area contributed by atoms with Crippen LogP contribution in [0.4, 0.5) is 0 Å². The number of aliphatic hydroxyl groups excluding tert-OH is 1. The number of amides is 1. The fourth-order valence-electron chi connectivity index (χ4n) is 3.26. The van der Waals surface area contributed by atoms with Gasteiger partial charge in [0.1, 0.15) is 11.5 Å². The lowest BCUT2D eigenvalue weighted by Crippen LogP contribution is -2.30. The Balaban J connectivity index is 2.16. The maximum absolute atomic E-state index is 12.8. The molecule has 0 saturated carbocycles. The van der Waals surface area contributed by atoms with Gasteiger partial charge in [-0.05, 0) is 36.2 Å². The van der Waals surface area contributed by atoms with Crippen LogP contribution in [0.1, 0.15) is 36.9 Å². The topological polar surface area (TPSA) is 79.7 Å². The van der Waals surface area contributed by atoms with Crippen molar-refractivity contribution in [2.45, 2.75) is 25.8 Å². The maximum atomic E-state index is 12.8. The molecular formula is C21H22N2O4. The van der Waals surface area contributed by atoms with Crippen LogP contribution in [-0.2, 0) is 9.59 Å². The molecule has 6 nitrogen and oxygen atoms in total. The van der Waals surface area contributed by atoms with Crippen LogP contribution in [0.2, 0.25) is 0 Å². The first-order chi connectivity index (χ1) is 13.1. The molecular weight excluding hydrogens is 344 g/mol. The monoisotopic (exact) mass is 366 g/mol. The van der Waals surface area contributed by atoms with E-state index in [0.717, 1.165) is 18.4 Å². The molecule has 6 heteroatoms. The van der Waals surface area contributed by atoms with Gasteiger partial charge in [0, 0.05) is 24.5 Å². The van der Waals surface area contributed by atoms with E-state index in [0.29, 0.717) is 17.9 Å². The van der Waals surface area contributed by atoms with E-state index in [-0.39, 0.29) is 11.3 Å². The van der Waals surface area contributed by atoms with E-state index >= 15 is 0 Å². The fraction of sp³-hybridized carbons (Fsp3) is 0.286. The highest BCUT2D eigenvalue weighted by atomic mass is 16.5. The number of aliphatic hydroxyl groups is 1. The third-order valence-electron chi connectivity index (χ3n) is 4.66. The first kappa shape index (κ1) is 18.6. The Kier molecular flexibility index (Phi) is 5.54. The van der Waals surface area contributed by atoms with Crippen molar-refractivity contribution < 1.29 is 19.4 Å². The predicted octanol–water partition coefficient (Wildman–Crippen LogP) is 3.31. The minimum Gasteiger partial charge on any atom is -0.507 e. The van der Waals surface area contributed by atoms with Crippen molar-refractivity contribution in [1.82, 2.24) is 9.88 Å². The van der Waals surface area contributed by atoms with Crippen molar-refractivity contribution >= 4 is 17.4 Å². The van der Waals surface area contributed by atoms with Crippen molar-refractivity contribution in [3.63, 3.8) is 0 Å². The lowest BCUT2D eigenvalue weighted by Gasteiger charge is -2.25. The first-order valence-corrected chi connectivity index (χ1v) is 8.91. The lowest BCUT2D eigenvalue weighted by atomic mass is 9.95. The van der Waals surface area contributed by atoms with E-state index in [1.165, 1.54) is 17.3 Å². The van der Waals surface area contributed by atoms with E-state index in [1.807, 2.05) is 13.0 Å². The van der Waals surface area contributed by atoms with Gasteiger partial charge in [0.15, 0.2) is 0 Å². The van der Waals surface area contributed by atoms with Gasteiger partial charge in [0.2, 0.25) is 0 Å². The quantitative estimate of drug-likeness (QED) is 0.482. The molecule has 1 unspecified atom stereocenters. The Morgan fingerprint density at radius 2 is 1.96 bits per heavy atom. The van der Waals surface area contributed by atoms with Gasteiger partial charge in [-0.2, -0.15) is 0 Å². The Bertz CT molecular complexity index is 877. The summed E-state index contributed by atoms with van der Waals surface area (Å²) in [5.41, 5.74) is 1.27. The average Bonchev–Trinajstić information content (AvgIpc) is 2.97. The molecule has 27 heavy (non-hydrogen) atoms. The molecule has 2 aromatic rings. The number of benzene rings is 1. The van der Waals surface area contributed by atoms with Crippen molar-refractivity contribution in [2.75, 3.05) is 13.7 Å². The van der Waals surface area contributed by atoms with Crippen molar-refractivity contribution in [3.8, 4) is 5.75 Å². The molecule has 1 saturated heterocycles. The number of unbranched alkanes of at least 4 members (excludes halogenated alkanes) is 1. The number of likely N-dealkylation sites (tertiary alicyclic amines) is 1. The third kappa shape index (κ3) is 3.56. The highest BCUT2D eigenvalue weighted by Crippen LogP contribution is 2.40. The van der Waals surface area contributed by atoms with Crippen LogP contribution in [0.3, 0.4) is 0 Å². The molecule has 140 valence electrons. The molecule has 3 rings (SSSR count). The molecule has 1 amide bonds. The number of aromatic nitrogens is 1. The number of carbonyl (C=O) groups excluding carboxylic acids is 2. The summed E-state index contributed by atoms with van der Waals surface area (Å²) >= 11 is 0. The normalized spacial score (nSPS) is 18.7. The van der Waals surface area contributed by atoms with Gasteiger partial charge in [-0.3, -0.25) is 14.6 Å². The fourth-order valence-corrected chi connectivity index (χ4v) is 3.26. The van der Waals surface area contributed by atoms with E-state index in [1.54, 1.807) is 37.4 Å². The molecule has 1 fully saturated rings. The number of ketones is 1. The zero-order chi connectivity index (χ0) is 19.4. The van der Waals surface area contributed by atoms with Crippen LogP contribution in [0, 0.1) is 0 Å². The van der Waals surface area contributed by atoms with Gasteiger partial charge in [0.25, 0.3) is 11.7 Å². The summed E-state index contributed by atoms with van der Waals surface area (Å²) in [6, 6.07) is 9.78. The summed E-state index contributed by atoms with van der Waals surface area (Å²) < 4.78 is 5.29. The first-order valence-electron chi connectivity index (χ1n) is 8.91. The molecule has 1 aromatic heterocycles. The number of pyridine rings is 1. The molecule has 0 radical (unpaired) electrons. The van der Waals surface area contributed by atoms with Crippen LogP contribution in [0.25, 0.3) is 5.76 Å². The van der Waals surface area contributed by atoms with Gasteiger partial charge in [0.05, 0.1) is 18.7 Å². The summed E-state index contributed by atoms with van der Waals surface area (Å²) in [5.74, 6) is -0.833. The predicted molar refractivity (Wildman–Crippen MR) is 101 cm³/mol. The second-order valence-electron chi connectivity index (χ2n) is 6.36. The van der Waals surface area contributed by atoms with Crippen molar-refractivity contribution in [1.29, 1.82) is 0 Å². The number of hydrogen-bond acceptors (Lipinski definition) is 5. The lowest BCUT2D eigenvalue weighted by molar-refractivity contribution is -0.139. The standard InChI is InChI=1S/C21H22N2O4/c1-3-4-12-23-18(15-6-5-7-16(13-15)27-2)17(20(25)21(23)26)19(24)14-8-10-22-11-9-14/h5-11,13,18,24H,3-4,12H2,1-2H3/b19-17-. The highest BCUT2D eigenvalue weighted by molar-refractivity contribution is 6.46. The number of nitrogens with zero attached hydrogens (tertiary/aromatic N) is 2. The third-order valence-corrected chi connectivity index (χ3v) is 4.66. The molecule has 0 aliphatic carbocycles. The van der Waals surface area contributed by atoms with Crippen molar-refractivity contribution in [3.05, 3.63) is 65.5 Å². The molecule has 1 aliphatic rings. The summed E-state index contributed by atoms with van der Waals surface area (Å²) in [5, 5.41) is 10.8. The highest BCUT2D eigenvalue weighted by Gasteiger charge is 2.45. The Hall–Kier alpha value is -3.15. The van der Waals surface area contributed by atoms with Gasteiger partial charge in [-0.1, -0.05) is 25.5 Å². The second kappa shape index (κ2) is 8.03. The Morgan fingerprint density at radius 3 is 2.63 bits per heavy atom. The number of hydrogen-bond donors (Lipinski definition) is 1. The molecule has 1 aromatic carbocycles. The number of Topliss-reactive ketones (excluding diaryl/α,β-unsaturated/α-hetero) is 1. The van der Waals surface area contributed by atoms with Gasteiger partial charge in [-0.25, -0.2) is 0 Å². The summed E-state index contributed by atoms with van der Waals surface area (Å²) in [6.07, 6.45) is 4.71. The SMILES string of the molecule is CCCCN1C(=O)C(=O)/C(=C(\O)c2ccncc2)C1c1cccc(OC)c1. The number of ether oxygens (including phenoxy) is 1. The Labute approximate surface area is 158 Å². The van der Waals surface area contributed by atoms with E-state index in [4.69, 9.17) is 4.74 Å². The smallest absolute Gasteiger partial charge is 0.295 e. The maximum Gasteiger partial charge on any atom is 0.295 e. The number of methoxy groups -OCH3 is 1. The largest absolute Gasteiger partial charge is 0.507 e. The summed E-state index contributed by atoms with van der Waals surface area (Å²) in [6.45, 7) is 2.46. The number of carbonyl (C=O) groups is 2. The molecule has 2 heterocycles. The molecule has 1 atom stereocenters. The van der Waals surface area contributed by atoms with Crippen LogP contribution < -0.4 is 4.74 Å². The molecule has 0 bridgehead atoms. The summed E-state index contributed by atoms with van der Waals surface area (Å²) in [4.78, 5) is 30.9. The van der Waals surface area contributed by atoms with Gasteiger partial charge in [-0.15, -0.1) is 0 Å². The van der Waals surface area contributed by atoms with Gasteiger partial charge >= 0.3 is 0 Å². The van der Waals surface area contributed by atoms with E-state index in [2.05, 4.69) is 4.98 Å².